The van der Waals surface area contributed by atoms with E-state index in [4.69, 9.17) is 23.2 Å². The lowest BCUT2D eigenvalue weighted by molar-refractivity contribution is 0.347. The second-order valence-electron chi connectivity index (χ2n) is 2.10. The first kappa shape index (κ1) is 10.5. The van der Waals surface area contributed by atoms with Gasteiger partial charge in [0.2, 0.25) is 5.82 Å². The molecule has 0 N–H and O–H groups in total. The van der Waals surface area contributed by atoms with Gasteiger partial charge in [0, 0.05) is 0 Å². The molecular weight excluding hydrogens is 228 g/mol. The predicted molar refractivity (Wildman–Crippen MR) is 42.9 cm³/mol. The van der Waals surface area contributed by atoms with Gasteiger partial charge in [-0.2, -0.15) is 4.39 Å². The maximum Gasteiger partial charge on any atom is 0.205 e. The lowest BCUT2D eigenvalue weighted by Gasteiger charge is -2.07. The molecule has 1 nitrogen and oxygen atoms in total. The molecule has 0 aliphatic heterocycles. The highest BCUT2D eigenvalue weighted by Gasteiger charge is 2.23. The third-order valence-corrected chi connectivity index (χ3v) is 2.18. The van der Waals surface area contributed by atoms with Crippen molar-refractivity contribution in [3.8, 4) is 5.75 Å². The van der Waals surface area contributed by atoms with Crippen LogP contribution in [-0.2, 0) is 0 Å². The van der Waals surface area contributed by atoms with Crippen LogP contribution in [0, 0.1) is 17.5 Å². The average Bonchev–Trinajstić information content (AvgIpc) is 2.13. The SMILES string of the molecule is COc1c(F)c(F)c(Cl)c(Cl)c1F. The van der Waals surface area contributed by atoms with Crippen LogP contribution in [0.3, 0.4) is 0 Å². The minimum absolute atomic E-state index is 0.697. The molecule has 1 aromatic carbocycles. The fraction of sp³-hybridized carbons (Fsp3) is 0.143. The summed E-state index contributed by atoms with van der Waals surface area (Å²) < 4.78 is 42.8. The van der Waals surface area contributed by atoms with Gasteiger partial charge in [-0.25, -0.2) is 8.78 Å². The van der Waals surface area contributed by atoms with Crippen molar-refractivity contribution in [3.05, 3.63) is 27.5 Å². The van der Waals surface area contributed by atoms with Crippen LogP contribution in [0.1, 0.15) is 0 Å². The number of halogens is 5. The molecule has 0 aliphatic rings. The molecule has 0 saturated carbocycles. The molecule has 0 saturated heterocycles. The van der Waals surface area contributed by atoms with Gasteiger partial charge in [-0.1, -0.05) is 23.2 Å². The summed E-state index contributed by atoms with van der Waals surface area (Å²) in [4.78, 5) is 0. The van der Waals surface area contributed by atoms with Crippen LogP contribution in [-0.4, -0.2) is 7.11 Å². The Labute approximate surface area is 82.0 Å². The summed E-state index contributed by atoms with van der Waals surface area (Å²) in [6.07, 6.45) is 0. The Morgan fingerprint density at radius 3 is 1.85 bits per heavy atom. The third kappa shape index (κ3) is 1.56. The van der Waals surface area contributed by atoms with Crippen LogP contribution in [0.5, 0.6) is 5.75 Å². The number of methoxy groups -OCH3 is 1. The maximum absolute atomic E-state index is 13.0. The lowest BCUT2D eigenvalue weighted by atomic mass is 10.3. The zero-order chi connectivity index (χ0) is 10.2. The van der Waals surface area contributed by atoms with Crippen molar-refractivity contribution in [2.45, 2.75) is 0 Å². The van der Waals surface area contributed by atoms with E-state index in [0.29, 0.717) is 0 Å². The topological polar surface area (TPSA) is 9.23 Å². The summed E-state index contributed by atoms with van der Waals surface area (Å²) in [5, 5.41) is -1.49. The summed E-state index contributed by atoms with van der Waals surface area (Å²) in [5.74, 6) is -5.01. The number of hydrogen-bond donors (Lipinski definition) is 0. The van der Waals surface area contributed by atoms with Gasteiger partial charge < -0.3 is 4.74 Å². The Bertz CT molecular complexity index is 325. The molecule has 0 fully saturated rings. The van der Waals surface area contributed by atoms with Crippen LogP contribution >= 0.6 is 23.2 Å². The van der Waals surface area contributed by atoms with Crippen molar-refractivity contribution in [2.75, 3.05) is 7.11 Å². The van der Waals surface area contributed by atoms with Gasteiger partial charge in [0.15, 0.2) is 17.4 Å². The van der Waals surface area contributed by atoms with E-state index in [-0.39, 0.29) is 0 Å². The molecule has 0 amide bonds. The van der Waals surface area contributed by atoms with E-state index >= 15 is 0 Å². The van der Waals surface area contributed by atoms with E-state index < -0.39 is 33.2 Å². The Morgan fingerprint density at radius 1 is 0.923 bits per heavy atom. The van der Waals surface area contributed by atoms with Crippen molar-refractivity contribution < 1.29 is 17.9 Å². The fourth-order valence-electron chi connectivity index (χ4n) is 0.764. The van der Waals surface area contributed by atoms with E-state index in [9.17, 15) is 13.2 Å². The number of rotatable bonds is 1. The Balaban J connectivity index is 3.56. The Hall–Kier alpha value is -0.610. The van der Waals surface area contributed by atoms with E-state index in [1.54, 1.807) is 0 Å². The van der Waals surface area contributed by atoms with E-state index in [0.717, 1.165) is 7.11 Å². The highest BCUT2D eigenvalue weighted by Crippen LogP contribution is 2.36. The van der Waals surface area contributed by atoms with Crippen molar-refractivity contribution in [2.24, 2.45) is 0 Å². The Morgan fingerprint density at radius 2 is 1.38 bits per heavy atom. The molecule has 0 spiro atoms. The van der Waals surface area contributed by atoms with Crippen molar-refractivity contribution in [3.63, 3.8) is 0 Å². The first-order chi connectivity index (χ1) is 6.00. The number of hydrogen-bond acceptors (Lipinski definition) is 1. The molecule has 13 heavy (non-hydrogen) atoms. The predicted octanol–water partition coefficient (Wildman–Crippen LogP) is 3.42. The normalized spacial score (nSPS) is 10.3. The smallest absolute Gasteiger partial charge is 0.205 e. The molecule has 1 rings (SSSR count). The van der Waals surface area contributed by atoms with Crippen molar-refractivity contribution in [1.29, 1.82) is 0 Å². The molecular formula is C7H3Cl2F3O. The molecule has 72 valence electrons. The van der Waals surface area contributed by atoms with Gasteiger partial charge in [-0.15, -0.1) is 0 Å². The second-order valence-corrected chi connectivity index (χ2v) is 2.86. The minimum Gasteiger partial charge on any atom is -0.491 e. The molecule has 0 aliphatic carbocycles. The van der Waals surface area contributed by atoms with Gasteiger partial charge in [0.05, 0.1) is 7.11 Å². The summed E-state index contributed by atoms with van der Waals surface area (Å²) in [6, 6.07) is 0. The second kappa shape index (κ2) is 3.64. The molecule has 0 aromatic heterocycles. The van der Waals surface area contributed by atoms with E-state index in [1.807, 2.05) is 0 Å². The molecule has 1 aromatic rings. The summed E-state index contributed by atoms with van der Waals surface area (Å²) in [6.45, 7) is 0. The standard InChI is InChI=1S/C7H3Cl2F3O/c1-13-7-5(11)3(9)2(8)4(10)6(7)12/h1H3. The van der Waals surface area contributed by atoms with E-state index in [1.165, 1.54) is 0 Å². The van der Waals surface area contributed by atoms with Gasteiger partial charge in [-0.3, -0.25) is 0 Å². The molecule has 0 unspecified atom stereocenters. The summed E-state index contributed by atoms with van der Waals surface area (Å²) in [5.41, 5.74) is 0. The molecule has 6 heteroatoms. The number of benzene rings is 1. The largest absolute Gasteiger partial charge is 0.491 e. The summed E-state index contributed by atoms with van der Waals surface area (Å²) in [7, 11) is 0.991. The first-order valence-electron chi connectivity index (χ1n) is 3.06. The molecule has 0 bridgehead atoms. The quantitative estimate of drug-likeness (QED) is 0.531. The van der Waals surface area contributed by atoms with Gasteiger partial charge >= 0.3 is 0 Å². The lowest BCUT2D eigenvalue weighted by Crippen LogP contribution is -1.98. The average molecular weight is 231 g/mol. The van der Waals surface area contributed by atoms with Gasteiger partial charge in [-0.05, 0) is 0 Å². The van der Waals surface area contributed by atoms with Crippen molar-refractivity contribution >= 4 is 23.2 Å². The highest BCUT2D eigenvalue weighted by molar-refractivity contribution is 6.42. The zero-order valence-electron chi connectivity index (χ0n) is 6.30. The minimum atomic E-state index is -1.49. The molecule has 0 heterocycles. The molecule has 0 atom stereocenters. The monoisotopic (exact) mass is 230 g/mol. The van der Waals surface area contributed by atoms with Crippen LogP contribution < -0.4 is 4.74 Å². The summed E-state index contributed by atoms with van der Waals surface area (Å²) >= 11 is 10.4. The van der Waals surface area contributed by atoms with E-state index in [2.05, 4.69) is 4.74 Å². The zero-order valence-corrected chi connectivity index (χ0v) is 7.81. The van der Waals surface area contributed by atoms with Gasteiger partial charge in [0.25, 0.3) is 0 Å². The fourth-order valence-corrected chi connectivity index (χ4v) is 1.10. The molecule has 0 radical (unpaired) electrons. The van der Waals surface area contributed by atoms with Crippen LogP contribution in [0.4, 0.5) is 13.2 Å². The van der Waals surface area contributed by atoms with Gasteiger partial charge in [0.1, 0.15) is 10.0 Å². The number of ether oxygens (including phenoxy) is 1. The van der Waals surface area contributed by atoms with Crippen LogP contribution in [0.15, 0.2) is 0 Å². The van der Waals surface area contributed by atoms with Crippen molar-refractivity contribution in [1.82, 2.24) is 0 Å². The van der Waals surface area contributed by atoms with Crippen LogP contribution in [0.25, 0.3) is 0 Å². The maximum atomic E-state index is 13.0. The highest BCUT2D eigenvalue weighted by atomic mass is 35.5. The Kier molecular flexibility index (Phi) is 2.93. The first-order valence-corrected chi connectivity index (χ1v) is 3.81. The third-order valence-electron chi connectivity index (χ3n) is 1.37. The van der Waals surface area contributed by atoms with Crippen LogP contribution in [0.2, 0.25) is 10.0 Å².